The van der Waals surface area contributed by atoms with Crippen LogP contribution in [0.2, 0.25) is 0 Å². The number of hydrogen-bond acceptors (Lipinski definition) is 4. The molecule has 4 aromatic rings. The lowest BCUT2D eigenvalue weighted by Crippen LogP contribution is -1.99. The average Bonchev–Trinajstić information content (AvgIpc) is 2.87. The smallest absolute Gasteiger partial charge is 0.303 e. The van der Waals surface area contributed by atoms with Gasteiger partial charge in [-0.05, 0) is 84.5 Å². The van der Waals surface area contributed by atoms with Crippen LogP contribution in [0.5, 0.6) is 34.5 Å². The van der Waals surface area contributed by atoms with Gasteiger partial charge in [-0.1, -0.05) is 44.2 Å². The standard InChI is InChI=1S/C31H29FO5/c1-20(2)23-10-15-28(30(18-23)36-24-7-5-4-6-8-24)37-29-19-26(13-14-27(29)32)35-25-12-9-22(21(3)17-25)11-16-31(33)34/h4-10,12-15,17-20H,11,16H2,1-3H3,(H,33,34). The molecule has 6 heteroatoms. The van der Waals surface area contributed by atoms with Crippen LogP contribution in [-0.2, 0) is 11.2 Å². The molecule has 0 heterocycles. The largest absolute Gasteiger partial charge is 0.481 e. The van der Waals surface area contributed by atoms with E-state index >= 15 is 0 Å². The highest BCUT2D eigenvalue weighted by Crippen LogP contribution is 2.39. The van der Waals surface area contributed by atoms with Crippen LogP contribution in [0.15, 0.2) is 84.9 Å². The molecule has 0 aliphatic rings. The van der Waals surface area contributed by atoms with E-state index in [-0.39, 0.29) is 18.1 Å². The third-order valence-corrected chi connectivity index (χ3v) is 5.89. The fourth-order valence-corrected chi connectivity index (χ4v) is 3.80. The number of hydrogen-bond donors (Lipinski definition) is 1. The molecule has 0 saturated heterocycles. The first-order valence-electron chi connectivity index (χ1n) is 12.1. The van der Waals surface area contributed by atoms with Gasteiger partial charge in [0.05, 0.1) is 0 Å². The van der Waals surface area contributed by atoms with Crippen LogP contribution in [0.3, 0.4) is 0 Å². The molecule has 1 N–H and O–H groups in total. The second-order valence-electron chi connectivity index (χ2n) is 9.05. The molecule has 0 atom stereocenters. The maximum absolute atomic E-state index is 14.8. The first-order valence-corrected chi connectivity index (χ1v) is 12.1. The summed E-state index contributed by atoms with van der Waals surface area (Å²) < 4.78 is 32.8. The van der Waals surface area contributed by atoms with Crippen molar-refractivity contribution in [3.05, 3.63) is 107 Å². The zero-order valence-electron chi connectivity index (χ0n) is 21.0. The number of halogens is 1. The van der Waals surface area contributed by atoms with E-state index in [1.807, 2.05) is 61.5 Å². The summed E-state index contributed by atoms with van der Waals surface area (Å²) in [7, 11) is 0. The number of rotatable bonds is 10. The Morgan fingerprint density at radius 1 is 0.784 bits per heavy atom. The topological polar surface area (TPSA) is 65.0 Å². The molecule has 0 amide bonds. The van der Waals surface area contributed by atoms with Gasteiger partial charge in [-0.2, -0.15) is 0 Å². The van der Waals surface area contributed by atoms with Crippen molar-refractivity contribution >= 4 is 5.97 Å². The highest BCUT2D eigenvalue weighted by molar-refractivity contribution is 5.67. The number of carbonyl (C=O) groups is 1. The van der Waals surface area contributed by atoms with Gasteiger partial charge in [0.1, 0.15) is 17.2 Å². The summed E-state index contributed by atoms with van der Waals surface area (Å²) in [5, 5.41) is 8.92. The Morgan fingerprint density at radius 3 is 2.22 bits per heavy atom. The van der Waals surface area contributed by atoms with Gasteiger partial charge < -0.3 is 19.3 Å². The maximum Gasteiger partial charge on any atom is 0.303 e. The molecular formula is C31H29FO5. The SMILES string of the molecule is Cc1cc(Oc2ccc(F)c(Oc3ccc(C(C)C)cc3Oc3ccccc3)c2)ccc1CCC(=O)O. The average molecular weight is 501 g/mol. The lowest BCUT2D eigenvalue weighted by atomic mass is 10.0. The summed E-state index contributed by atoms with van der Waals surface area (Å²) >= 11 is 0. The number of carboxylic acid groups (broad SMARTS) is 1. The first-order chi connectivity index (χ1) is 17.8. The Bertz CT molecular complexity index is 1380. The van der Waals surface area contributed by atoms with Crippen molar-refractivity contribution in [2.24, 2.45) is 0 Å². The monoisotopic (exact) mass is 500 g/mol. The van der Waals surface area contributed by atoms with Gasteiger partial charge in [0, 0.05) is 12.5 Å². The van der Waals surface area contributed by atoms with E-state index in [1.165, 1.54) is 18.2 Å². The molecule has 0 radical (unpaired) electrons. The van der Waals surface area contributed by atoms with Crippen LogP contribution in [-0.4, -0.2) is 11.1 Å². The Morgan fingerprint density at radius 2 is 1.51 bits per heavy atom. The third-order valence-electron chi connectivity index (χ3n) is 5.89. The number of para-hydroxylation sites is 1. The molecule has 37 heavy (non-hydrogen) atoms. The number of aliphatic carboxylic acids is 1. The second-order valence-corrected chi connectivity index (χ2v) is 9.05. The zero-order chi connectivity index (χ0) is 26.4. The molecule has 190 valence electrons. The maximum atomic E-state index is 14.8. The van der Waals surface area contributed by atoms with Crippen LogP contribution in [0.1, 0.15) is 42.9 Å². The Hall–Kier alpha value is -4.32. The quantitative estimate of drug-likeness (QED) is 0.236. The minimum atomic E-state index is -0.838. The molecular weight excluding hydrogens is 471 g/mol. The summed E-state index contributed by atoms with van der Waals surface area (Å²) in [5.41, 5.74) is 2.93. The number of benzene rings is 4. The van der Waals surface area contributed by atoms with Crippen molar-refractivity contribution in [2.75, 3.05) is 0 Å². The summed E-state index contributed by atoms with van der Waals surface area (Å²) in [6, 6.07) is 24.7. The van der Waals surface area contributed by atoms with Crippen molar-refractivity contribution in [1.29, 1.82) is 0 Å². The fraction of sp³-hybridized carbons (Fsp3) is 0.194. The first kappa shape index (κ1) is 25.8. The van der Waals surface area contributed by atoms with Crippen LogP contribution in [0, 0.1) is 12.7 Å². The normalized spacial score (nSPS) is 10.8. The highest BCUT2D eigenvalue weighted by atomic mass is 19.1. The molecule has 5 nitrogen and oxygen atoms in total. The molecule has 0 saturated carbocycles. The Labute approximate surface area is 216 Å². The van der Waals surface area contributed by atoms with Crippen LogP contribution in [0.25, 0.3) is 0 Å². The zero-order valence-corrected chi connectivity index (χ0v) is 21.0. The van der Waals surface area contributed by atoms with Gasteiger partial charge in [-0.3, -0.25) is 4.79 Å². The molecule has 0 unspecified atom stereocenters. The lowest BCUT2D eigenvalue weighted by Gasteiger charge is -2.16. The van der Waals surface area contributed by atoms with Crippen molar-refractivity contribution in [1.82, 2.24) is 0 Å². The molecule has 4 aromatic carbocycles. The van der Waals surface area contributed by atoms with E-state index in [1.54, 1.807) is 12.1 Å². The van der Waals surface area contributed by atoms with Gasteiger partial charge in [0.25, 0.3) is 0 Å². The summed E-state index contributed by atoms with van der Waals surface area (Å²) in [6.07, 6.45) is 0.507. The van der Waals surface area contributed by atoms with E-state index in [2.05, 4.69) is 13.8 Å². The van der Waals surface area contributed by atoms with Gasteiger partial charge in [0.15, 0.2) is 23.1 Å². The van der Waals surface area contributed by atoms with Crippen molar-refractivity contribution in [3.63, 3.8) is 0 Å². The summed E-state index contributed by atoms with van der Waals surface area (Å²) in [4.78, 5) is 10.9. The van der Waals surface area contributed by atoms with Gasteiger partial charge >= 0.3 is 5.97 Å². The lowest BCUT2D eigenvalue weighted by molar-refractivity contribution is -0.136. The van der Waals surface area contributed by atoms with Gasteiger partial charge in [-0.25, -0.2) is 4.39 Å². The predicted molar refractivity (Wildman–Crippen MR) is 141 cm³/mol. The molecule has 0 aromatic heterocycles. The predicted octanol–water partition coefficient (Wildman–Crippen LogP) is 8.65. The van der Waals surface area contributed by atoms with E-state index in [4.69, 9.17) is 19.3 Å². The minimum Gasteiger partial charge on any atom is -0.481 e. The third kappa shape index (κ3) is 6.88. The molecule has 4 rings (SSSR count). The summed E-state index contributed by atoms with van der Waals surface area (Å²) in [6.45, 7) is 6.07. The van der Waals surface area contributed by atoms with E-state index in [0.29, 0.717) is 35.2 Å². The molecule has 0 aliphatic heterocycles. The molecule has 0 bridgehead atoms. The number of aryl methyl sites for hydroxylation is 2. The minimum absolute atomic E-state index is 0.00232. The van der Waals surface area contributed by atoms with Crippen molar-refractivity contribution < 1.29 is 28.5 Å². The van der Waals surface area contributed by atoms with Crippen LogP contribution >= 0.6 is 0 Å². The van der Waals surface area contributed by atoms with Gasteiger partial charge in [-0.15, -0.1) is 0 Å². The van der Waals surface area contributed by atoms with Gasteiger partial charge in [0.2, 0.25) is 0 Å². The Balaban J connectivity index is 1.57. The second kappa shape index (κ2) is 11.6. The fourth-order valence-electron chi connectivity index (χ4n) is 3.80. The van der Waals surface area contributed by atoms with Crippen molar-refractivity contribution in [2.45, 2.75) is 39.5 Å². The van der Waals surface area contributed by atoms with E-state index < -0.39 is 11.8 Å². The van der Waals surface area contributed by atoms with E-state index in [0.717, 1.165) is 16.7 Å². The highest BCUT2D eigenvalue weighted by Gasteiger charge is 2.15. The molecule has 0 spiro atoms. The summed E-state index contributed by atoms with van der Waals surface area (Å²) in [5.74, 6) is 1.37. The van der Waals surface area contributed by atoms with Crippen LogP contribution in [0.4, 0.5) is 4.39 Å². The van der Waals surface area contributed by atoms with Crippen molar-refractivity contribution in [3.8, 4) is 34.5 Å². The molecule has 0 aliphatic carbocycles. The Kier molecular flexibility index (Phi) is 8.08. The number of ether oxygens (including phenoxy) is 3. The number of carboxylic acids is 1. The van der Waals surface area contributed by atoms with Crippen LogP contribution < -0.4 is 14.2 Å². The molecule has 0 fully saturated rings. The van der Waals surface area contributed by atoms with E-state index in [9.17, 15) is 9.18 Å².